The van der Waals surface area contributed by atoms with Crippen LogP contribution in [0.25, 0.3) is 0 Å². The summed E-state index contributed by atoms with van der Waals surface area (Å²) in [5, 5.41) is 3.19. The van der Waals surface area contributed by atoms with E-state index in [0.29, 0.717) is 32.2 Å². The van der Waals surface area contributed by atoms with Gasteiger partial charge in [0.2, 0.25) is 11.8 Å². The van der Waals surface area contributed by atoms with Gasteiger partial charge in [0, 0.05) is 18.8 Å². The van der Waals surface area contributed by atoms with Crippen LogP contribution in [0.2, 0.25) is 0 Å². The third kappa shape index (κ3) is 10.8. The number of benzene rings is 2. The zero-order valence-electron chi connectivity index (χ0n) is 22.8. The number of amides is 2. The number of imide groups is 1. The second kappa shape index (κ2) is 16.9. The number of carbonyl (C=O) groups is 3. The van der Waals surface area contributed by atoms with Gasteiger partial charge in [0.15, 0.2) is 0 Å². The summed E-state index contributed by atoms with van der Waals surface area (Å²) in [4.78, 5) is 44.9. The Morgan fingerprint density at radius 2 is 1.44 bits per heavy atom. The van der Waals surface area contributed by atoms with Gasteiger partial charge in [-0.1, -0.05) is 60.7 Å². The summed E-state index contributed by atoms with van der Waals surface area (Å²) in [5.74, 6) is -0.990. The average molecular weight is 530 g/mol. The van der Waals surface area contributed by atoms with E-state index in [9.17, 15) is 14.4 Å². The van der Waals surface area contributed by atoms with Crippen molar-refractivity contribution in [3.8, 4) is 0 Å². The summed E-state index contributed by atoms with van der Waals surface area (Å²) in [6.45, 7) is 2.62. The Labute approximate surface area is 231 Å². The van der Waals surface area contributed by atoms with Crippen molar-refractivity contribution >= 4 is 17.8 Å². The van der Waals surface area contributed by atoms with Crippen molar-refractivity contribution in [3.63, 3.8) is 0 Å². The molecule has 0 aliphatic heterocycles. The highest BCUT2D eigenvalue weighted by molar-refractivity contribution is 5.97. The van der Waals surface area contributed by atoms with E-state index in [1.807, 2.05) is 72.8 Å². The van der Waals surface area contributed by atoms with E-state index in [-0.39, 0.29) is 37.8 Å². The number of pyridine rings is 1. The van der Waals surface area contributed by atoms with Gasteiger partial charge >= 0.3 is 5.97 Å². The molecule has 0 aliphatic rings. The molecule has 3 aromatic rings. The number of carbonyl (C=O) groups excluding carboxylic acids is 3. The van der Waals surface area contributed by atoms with Crippen LogP contribution in [0, 0.1) is 0 Å². The molecule has 7 nitrogen and oxygen atoms in total. The van der Waals surface area contributed by atoms with E-state index in [2.05, 4.69) is 10.3 Å². The summed E-state index contributed by atoms with van der Waals surface area (Å²) in [7, 11) is 0. The smallest absolute Gasteiger partial charge is 0.307 e. The highest BCUT2D eigenvalue weighted by atomic mass is 16.5. The van der Waals surface area contributed by atoms with Crippen LogP contribution in [0.4, 0.5) is 0 Å². The van der Waals surface area contributed by atoms with Crippen molar-refractivity contribution < 1.29 is 19.1 Å². The largest absolute Gasteiger partial charge is 0.466 e. The Kier molecular flexibility index (Phi) is 12.9. The minimum atomic E-state index is -0.582. The fourth-order valence-electron chi connectivity index (χ4n) is 4.53. The Morgan fingerprint density at radius 1 is 0.821 bits per heavy atom. The van der Waals surface area contributed by atoms with Crippen LogP contribution in [0.3, 0.4) is 0 Å². The molecule has 7 heteroatoms. The highest BCUT2D eigenvalue weighted by Crippen LogP contribution is 2.18. The summed E-state index contributed by atoms with van der Waals surface area (Å²) >= 11 is 0. The molecule has 1 atom stereocenters. The van der Waals surface area contributed by atoms with Crippen LogP contribution in [-0.2, 0) is 38.4 Å². The number of esters is 1. The standard InChI is InChI=1S/C32H39N3O4/c1-2-39-32(38)24-29(17-16-26-10-5-3-6-11-26)35(30(36)15-9-14-28-18-21-33-22-19-28)31(37)25-34-23-20-27-12-7-4-8-13-27/h3-8,10-13,18-19,21-22,29,34H,2,9,14-17,20,23-25H2,1H3. The van der Waals surface area contributed by atoms with E-state index < -0.39 is 12.0 Å². The minimum Gasteiger partial charge on any atom is -0.466 e. The van der Waals surface area contributed by atoms with Gasteiger partial charge in [0.25, 0.3) is 0 Å². The predicted molar refractivity (Wildman–Crippen MR) is 152 cm³/mol. The Bertz CT molecular complexity index is 1140. The zero-order valence-corrected chi connectivity index (χ0v) is 22.8. The Morgan fingerprint density at radius 3 is 2.08 bits per heavy atom. The molecule has 3 rings (SSSR count). The molecule has 0 aliphatic carbocycles. The van der Waals surface area contributed by atoms with Gasteiger partial charge in [-0.2, -0.15) is 0 Å². The Hall–Kier alpha value is -3.84. The van der Waals surface area contributed by atoms with Crippen LogP contribution in [0.15, 0.2) is 85.2 Å². The molecule has 0 bridgehead atoms. The first-order chi connectivity index (χ1) is 19.1. The van der Waals surface area contributed by atoms with Gasteiger partial charge in [0.05, 0.1) is 25.6 Å². The molecule has 206 valence electrons. The van der Waals surface area contributed by atoms with Crippen molar-refractivity contribution in [3.05, 3.63) is 102 Å². The maximum Gasteiger partial charge on any atom is 0.307 e. The molecule has 0 radical (unpaired) electrons. The molecule has 0 fully saturated rings. The third-order valence-corrected chi connectivity index (χ3v) is 6.53. The van der Waals surface area contributed by atoms with Crippen LogP contribution < -0.4 is 5.32 Å². The van der Waals surface area contributed by atoms with E-state index in [0.717, 1.165) is 17.5 Å². The molecule has 39 heavy (non-hydrogen) atoms. The van der Waals surface area contributed by atoms with Crippen molar-refractivity contribution in [2.75, 3.05) is 19.7 Å². The molecule has 0 saturated carbocycles. The fourth-order valence-corrected chi connectivity index (χ4v) is 4.53. The van der Waals surface area contributed by atoms with Crippen molar-refractivity contribution in [2.45, 2.75) is 57.9 Å². The normalized spacial score (nSPS) is 11.5. The van der Waals surface area contributed by atoms with Gasteiger partial charge < -0.3 is 10.1 Å². The van der Waals surface area contributed by atoms with Gasteiger partial charge in [-0.05, 0) is 74.4 Å². The number of rotatable bonds is 16. The lowest BCUT2D eigenvalue weighted by molar-refractivity contribution is -0.151. The third-order valence-electron chi connectivity index (χ3n) is 6.53. The van der Waals surface area contributed by atoms with Gasteiger partial charge in [-0.3, -0.25) is 24.3 Å². The van der Waals surface area contributed by atoms with E-state index >= 15 is 0 Å². The lowest BCUT2D eigenvalue weighted by Gasteiger charge is -2.30. The average Bonchev–Trinajstić information content (AvgIpc) is 2.96. The molecule has 2 aromatic carbocycles. The molecule has 0 spiro atoms. The lowest BCUT2D eigenvalue weighted by Crippen LogP contribution is -2.49. The SMILES string of the molecule is CCOC(=O)CC(CCc1ccccc1)N(C(=O)CCCc1ccncc1)C(=O)CNCCc1ccccc1. The van der Waals surface area contributed by atoms with Crippen LogP contribution in [-0.4, -0.2) is 53.4 Å². The first-order valence-electron chi connectivity index (χ1n) is 13.7. The number of aromatic nitrogens is 1. The van der Waals surface area contributed by atoms with Crippen molar-refractivity contribution in [1.29, 1.82) is 0 Å². The van der Waals surface area contributed by atoms with Crippen LogP contribution in [0.5, 0.6) is 0 Å². The highest BCUT2D eigenvalue weighted by Gasteiger charge is 2.31. The predicted octanol–water partition coefficient (Wildman–Crippen LogP) is 4.55. The first-order valence-corrected chi connectivity index (χ1v) is 13.7. The molecule has 1 heterocycles. The Balaban J connectivity index is 1.70. The summed E-state index contributed by atoms with van der Waals surface area (Å²) in [6, 6.07) is 23.2. The topological polar surface area (TPSA) is 88.6 Å². The molecule has 1 unspecified atom stereocenters. The number of nitrogens with zero attached hydrogens (tertiary/aromatic N) is 2. The van der Waals surface area contributed by atoms with Crippen molar-refractivity contribution in [2.24, 2.45) is 0 Å². The molecular weight excluding hydrogens is 490 g/mol. The summed E-state index contributed by atoms with van der Waals surface area (Å²) in [6.07, 6.45) is 6.84. The van der Waals surface area contributed by atoms with Gasteiger partial charge in [0.1, 0.15) is 0 Å². The lowest BCUT2D eigenvalue weighted by atomic mass is 10.00. The zero-order chi connectivity index (χ0) is 27.7. The van der Waals surface area contributed by atoms with Gasteiger partial charge in [-0.25, -0.2) is 0 Å². The van der Waals surface area contributed by atoms with E-state index in [4.69, 9.17) is 4.74 Å². The monoisotopic (exact) mass is 529 g/mol. The number of hydrogen-bond acceptors (Lipinski definition) is 6. The van der Waals surface area contributed by atoms with Crippen LogP contribution >= 0.6 is 0 Å². The second-order valence-corrected chi connectivity index (χ2v) is 9.47. The second-order valence-electron chi connectivity index (χ2n) is 9.47. The fraction of sp³-hybridized carbons (Fsp3) is 0.375. The van der Waals surface area contributed by atoms with E-state index in [1.54, 1.807) is 19.3 Å². The van der Waals surface area contributed by atoms with Gasteiger partial charge in [-0.15, -0.1) is 0 Å². The summed E-state index contributed by atoms with van der Waals surface area (Å²) < 4.78 is 5.21. The number of aryl methyl sites for hydroxylation is 2. The number of nitrogens with one attached hydrogen (secondary N) is 1. The molecular formula is C32H39N3O4. The quantitative estimate of drug-likeness (QED) is 0.216. The van der Waals surface area contributed by atoms with Crippen LogP contribution in [0.1, 0.15) is 49.3 Å². The van der Waals surface area contributed by atoms with E-state index in [1.165, 1.54) is 10.5 Å². The molecule has 1 aromatic heterocycles. The molecule has 2 amide bonds. The minimum absolute atomic E-state index is 0.0213. The molecule has 1 N–H and O–H groups in total. The molecule has 0 saturated heterocycles. The first kappa shape index (κ1) is 29.7. The maximum atomic E-state index is 13.5. The number of ether oxygens (including phenoxy) is 1. The number of hydrogen-bond donors (Lipinski definition) is 1. The van der Waals surface area contributed by atoms with Crippen molar-refractivity contribution in [1.82, 2.24) is 15.2 Å². The summed E-state index contributed by atoms with van der Waals surface area (Å²) in [5.41, 5.74) is 3.35. The maximum absolute atomic E-state index is 13.5.